The first-order valence-corrected chi connectivity index (χ1v) is 22.1. The van der Waals surface area contributed by atoms with E-state index in [1.54, 1.807) is 27.7 Å². The van der Waals surface area contributed by atoms with E-state index in [4.69, 9.17) is 46.0 Å². The van der Waals surface area contributed by atoms with Crippen molar-refractivity contribution < 1.29 is 58.5 Å². The minimum absolute atomic E-state index is 0.00537. The third kappa shape index (κ3) is 21.5. The van der Waals surface area contributed by atoms with Crippen LogP contribution in [0.2, 0.25) is 5.15 Å². The number of nitrogen functional groups attached to an aromatic ring is 2. The number of nitrogens with zero attached hydrogens (tertiary/aromatic N) is 4. The van der Waals surface area contributed by atoms with E-state index < -0.39 is 139 Å². The maximum atomic E-state index is 13.6. The Bertz CT molecular complexity index is 2090. The molecule has 1 aromatic rings. The Morgan fingerprint density at radius 1 is 0.657 bits per heavy atom. The van der Waals surface area contributed by atoms with Crippen LogP contribution in [0.15, 0.2) is 9.98 Å². The number of amides is 9. The summed E-state index contributed by atoms with van der Waals surface area (Å²) in [6.45, 7) is 6.81. The van der Waals surface area contributed by atoms with E-state index in [1.807, 2.05) is 5.32 Å². The van der Waals surface area contributed by atoms with Crippen LogP contribution in [0.1, 0.15) is 77.7 Å². The summed E-state index contributed by atoms with van der Waals surface area (Å²) in [4.78, 5) is 132. The minimum atomic E-state index is -1.71. The van der Waals surface area contributed by atoms with Gasteiger partial charge in [-0.05, 0) is 51.4 Å². The molecular formula is C39H67ClN18O12. The molecule has 0 saturated heterocycles. The molecule has 0 radical (unpaired) electrons. The summed E-state index contributed by atoms with van der Waals surface area (Å²) < 4.78 is 0. The Labute approximate surface area is 407 Å². The van der Waals surface area contributed by atoms with Gasteiger partial charge in [-0.2, -0.15) is 4.99 Å². The molecule has 0 bridgehead atoms. The van der Waals surface area contributed by atoms with Crippen LogP contribution in [0.25, 0.3) is 0 Å². The molecule has 31 heteroatoms. The highest BCUT2D eigenvalue weighted by Gasteiger charge is 2.35. The van der Waals surface area contributed by atoms with Crippen LogP contribution >= 0.6 is 11.6 Å². The Balaban J connectivity index is 2.99. The Morgan fingerprint density at radius 2 is 1.14 bits per heavy atom. The number of halogens is 1. The molecule has 392 valence electrons. The van der Waals surface area contributed by atoms with E-state index in [1.165, 1.54) is 6.92 Å². The predicted molar refractivity (Wildman–Crippen MR) is 253 cm³/mol. The second kappa shape index (κ2) is 29.8. The van der Waals surface area contributed by atoms with E-state index in [0.29, 0.717) is 6.42 Å². The van der Waals surface area contributed by atoms with Gasteiger partial charge >= 0.3 is 5.91 Å². The molecule has 0 unspecified atom stereocenters. The van der Waals surface area contributed by atoms with Gasteiger partial charge in [-0.25, -0.2) is 9.97 Å². The van der Waals surface area contributed by atoms with Gasteiger partial charge in [0.25, 0.3) is 0 Å². The molecule has 23 N–H and O–H groups in total. The van der Waals surface area contributed by atoms with Crippen molar-refractivity contribution in [3.8, 4) is 0 Å². The number of aliphatic imine (C=N–C) groups is 2. The number of guanidine groups is 2. The quantitative estimate of drug-likeness (QED) is 0.0221. The third-order valence-electron chi connectivity index (χ3n) is 9.45. The molecule has 0 fully saturated rings. The van der Waals surface area contributed by atoms with Gasteiger partial charge < -0.3 is 86.9 Å². The highest BCUT2D eigenvalue weighted by molar-refractivity contribution is 6.31. The van der Waals surface area contributed by atoms with Crippen molar-refractivity contribution >= 4 is 88.3 Å². The zero-order chi connectivity index (χ0) is 53.6. The SMILES string of the molecule is CC(C)C[C@H](NC(=O)[C@H](CO)NC(=O)[C@@H](N)CCCN=C(N)N)C(=O)N[C@@H](CO)C(=O)N[C@H](CC(C)C)C(=O)N[C@H](C(=O)N[C@@H](C)C(=O)NCC(=O)NC(N)=NC(=O)c1nc(Cl)c(N)nc1N)[C@@H](C)O. The summed E-state index contributed by atoms with van der Waals surface area (Å²) in [6.07, 6.45) is -1.17. The lowest BCUT2D eigenvalue weighted by Crippen LogP contribution is -2.62. The fourth-order valence-electron chi connectivity index (χ4n) is 5.86. The molecular weight excluding hydrogens is 948 g/mol. The molecule has 9 amide bonds. The van der Waals surface area contributed by atoms with Crippen LogP contribution in [0.5, 0.6) is 0 Å². The molecule has 0 aliphatic rings. The number of aliphatic hydroxyl groups is 3. The van der Waals surface area contributed by atoms with Crippen LogP contribution in [0, 0.1) is 11.8 Å². The second-order valence-corrected chi connectivity index (χ2v) is 16.9. The van der Waals surface area contributed by atoms with Gasteiger partial charge in [0.15, 0.2) is 28.4 Å². The van der Waals surface area contributed by atoms with E-state index >= 15 is 0 Å². The van der Waals surface area contributed by atoms with Gasteiger partial charge in [-0.3, -0.25) is 53.5 Å². The smallest absolute Gasteiger partial charge is 0.302 e. The maximum Gasteiger partial charge on any atom is 0.302 e. The Morgan fingerprint density at radius 3 is 1.63 bits per heavy atom. The van der Waals surface area contributed by atoms with E-state index in [2.05, 4.69) is 57.2 Å². The van der Waals surface area contributed by atoms with Crippen molar-refractivity contribution in [3.63, 3.8) is 0 Å². The van der Waals surface area contributed by atoms with Gasteiger partial charge in [-0.15, -0.1) is 0 Å². The van der Waals surface area contributed by atoms with E-state index in [9.17, 15) is 58.5 Å². The summed E-state index contributed by atoms with van der Waals surface area (Å²) in [5, 5.41) is 48.6. The number of hydrogen-bond donors (Lipinski definition) is 17. The zero-order valence-corrected chi connectivity index (χ0v) is 40.3. The molecule has 1 aromatic heterocycles. The normalized spacial score (nSPS) is 14.8. The number of carbonyl (C=O) groups excluding carboxylic acids is 9. The van der Waals surface area contributed by atoms with Crippen LogP contribution < -0.4 is 76.9 Å². The average molecular weight is 1020 g/mol. The van der Waals surface area contributed by atoms with Crippen molar-refractivity contribution in [2.75, 3.05) is 37.8 Å². The molecule has 1 heterocycles. The largest absolute Gasteiger partial charge is 0.394 e. The third-order valence-corrected chi connectivity index (χ3v) is 9.73. The number of rotatable bonds is 27. The van der Waals surface area contributed by atoms with Crippen LogP contribution in [0.3, 0.4) is 0 Å². The molecule has 0 spiro atoms. The lowest BCUT2D eigenvalue weighted by Gasteiger charge is -2.28. The zero-order valence-electron chi connectivity index (χ0n) is 39.6. The van der Waals surface area contributed by atoms with Crippen molar-refractivity contribution in [3.05, 3.63) is 10.8 Å². The van der Waals surface area contributed by atoms with Crippen LogP contribution in [-0.4, -0.2) is 165 Å². The number of aliphatic hydroxyl groups excluding tert-OH is 3. The molecule has 0 aliphatic carbocycles. The topological polar surface area (TPSA) is 517 Å². The van der Waals surface area contributed by atoms with Gasteiger partial charge in [-0.1, -0.05) is 39.3 Å². The van der Waals surface area contributed by atoms with Crippen LogP contribution in [-0.2, 0) is 38.4 Å². The first-order chi connectivity index (χ1) is 32.6. The molecule has 0 aromatic carbocycles. The minimum Gasteiger partial charge on any atom is -0.394 e. The number of anilines is 2. The number of nitrogens with two attached hydrogens (primary N) is 6. The standard InChI is InChI=1S/C39H67ClN18O12/c1-15(2)10-20(50-34(67)22(13-59)52-31(64)19(41)8-7-9-47-38(44)45)32(65)53-23(14-60)35(68)51-21(11-16(3)4)33(66)56-25(18(6)61)36(69)49-17(5)30(63)48-12-24(62)54-39(46)58-37(70)26-28(42)57-29(43)27(40)55-26/h15-23,25,59-61H,7-14,41H2,1-6H3,(H,48,63)(H,49,69)(H,50,67)(H,51,68)(H,52,64)(H,53,65)(H,56,66)(H4,42,43,57)(H4,44,45,47)(H3,46,54,58,62,70)/t17-,18+,19-,20-,21+,22-,23-,25-/m0/s1. The Kier molecular flexibility index (Phi) is 25.9. The van der Waals surface area contributed by atoms with E-state index in [-0.39, 0.29) is 54.6 Å². The van der Waals surface area contributed by atoms with Crippen molar-refractivity contribution in [2.45, 2.75) is 116 Å². The van der Waals surface area contributed by atoms with Gasteiger partial charge in [0, 0.05) is 6.54 Å². The fraction of sp³-hybridized carbons (Fsp3) is 0.615. The number of aromatic nitrogens is 2. The second-order valence-electron chi connectivity index (χ2n) is 16.6. The first-order valence-electron chi connectivity index (χ1n) is 21.7. The number of carbonyl (C=O) groups is 9. The highest BCUT2D eigenvalue weighted by Crippen LogP contribution is 2.18. The molecule has 8 atom stereocenters. The van der Waals surface area contributed by atoms with Crippen molar-refractivity contribution in [1.29, 1.82) is 0 Å². The van der Waals surface area contributed by atoms with Gasteiger partial charge in [0.1, 0.15) is 36.3 Å². The van der Waals surface area contributed by atoms with Gasteiger partial charge in [0.2, 0.25) is 53.2 Å². The Hall–Kier alpha value is -7.02. The lowest BCUT2D eigenvalue weighted by molar-refractivity contribution is -0.137. The highest BCUT2D eigenvalue weighted by atomic mass is 35.5. The average Bonchev–Trinajstić information content (AvgIpc) is 3.26. The van der Waals surface area contributed by atoms with Gasteiger partial charge in [0.05, 0.1) is 31.9 Å². The van der Waals surface area contributed by atoms with E-state index in [0.717, 1.165) is 6.92 Å². The maximum absolute atomic E-state index is 13.6. The molecule has 0 aliphatic heterocycles. The van der Waals surface area contributed by atoms with Crippen molar-refractivity contribution in [1.82, 2.24) is 52.5 Å². The lowest BCUT2D eigenvalue weighted by atomic mass is 10.0. The molecule has 0 saturated carbocycles. The fourth-order valence-corrected chi connectivity index (χ4v) is 5.99. The summed E-state index contributed by atoms with van der Waals surface area (Å²) in [6, 6.07) is -10.2. The monoisotopic (exact) mass is 1010 g/mol. The van der Waals surface area contributed by atoms with Crippen molar-refractivity contribution in [2.24, 2.45) is 44.8 Å². The number of nitrogens with one attached hydrogen (secondary N) is 8. The van der Waals surface area contributed by atoms with Crippen LogP contribution in [0.4, 0.5) is 11.6 Å². The predicted octanol–water partition coefficient (Wildman–Crippen LogP) is -7.25. The summed E-state index contributed by atoms with van der Waals surface area (Å²) >= 11 is 5.76. The molecule has 70 heavy (non-hydrogen) atoms. The number of hydrogen-bond acceptors (Lipinski definition) is 18. The first kappa shape index (κ1) is 61.0. The summed E-state index contributed by atoms with van der Waals surface area (Å²) in [5.74, 6) is -10.8. The molecule has 1 rings (SSSR count). The summed E-state index contributed by atoms with van der Waals surface area (Å²) in [5.41, 5.74) is 32.6. The summed E-state index contributed by atoms with van der Waals surface area (Å²) in [7, 11) is 0. The molecule has 30 nitrogen and oxygen atoms in total.